The number of fused-ring (bicyclic) bond motifs is 8. The summed E-state index contributed by atoms with van der Waals surface area (Å²) in [4.78, 5) is 89.7. The van der Waals surface area contributed by atoms with Crippen LogP contribution in [-0.2, 0) is 19.5 Å². The lowest BCUT2D eigenvalue weighted by Gasteiger charge is -2.16. The second-order valence-corrected chi connectivity index (χ2v) is 28.2. The first-order valence-corrected chi connectivity index (χ1v) is 35.7. The number of phenolic OH excluding ortho intramolecular Hbond substituents is 1. The monoisotopic (exact) mass is 1500 g/mol. The third-order valence-electron chi connectivity index (χ3n) is 17.5. The molecule has 0 radical (unpaired) electrons. The molecule has 0 aliphatic carbocycles. The number of pyridine rings is 3. The van der Waals surface area contributed by atoms with Crippen molar-refractivity contribution in [3.63, 3.8) is 0 Å². The van der Waals surface area contributed by atoms with Crippen LogP contribution in [0.1, 0.15) is 28.3 Å². The number of halogens is 2. The number of ether oxygens (including phenoxy) is 2. The molecule has 9 aromatic carbocycles. The van der Waals surface area contributed by atoms with E-state index >= 15 is 0 Å². The lowest BCUT2D eigenvalue weighted by Crippen LogP contribution is -2.24. The van der Waals surface area contributed by atoms with Crippen molar-refractivity contribution >= 4 is 124 Å². The molecule has 4 N–H and O–H groups in total. The van der Waals surface area contributed by atoms with Crippen molar-refractivity contribution in [3.05, 3.63) is 331 Å². The molecule has 0 saturated carbocycles. The summed E-state index contributed by atoms with van der Waals surface area (Å²) >= 11 is 15.1. The maximum absolute atomic E-state index is 13.8. The first-order valence-electron chi connectivity index (χ1n) is 32.5. The summed E-state index contributed by atoms with van der Waals surface area (Å²) in [5, 5.41) is 45.6. The van der Waals surface area contributed by atoms with Gasteiger partial charge in [-0.15, -0.1) is 0 Å². The summed E-state index contributed by atoms with van der Waals surface area (Å²) in [5.74, 6) is 0.129. The molecule has 106 heavy (non-hydrogen) atoms. The van der Waals surface area contributed by atoms with E-state index in [-0.39, 0.29) is 89.8 Å². The summed E-state index contributed by atoms with van der Waals surface area (Å²) in [6, 6.07) is 65.8. The van der Waals surface area contributed by atoms with Crippen LogP contribution in [0.15, 0.2) is 308 Å². The number of phenols is 1. The molecular formula is C81H53Cl2N5O15S3. The van der Waals surface area contributed by atoms with Gasteiger partial charge in [-0.05, 0) is 150 Å². The van der Waals surface area contributed by atoms with Crippen molar-refractivity contribution in [1.29, 1.82) is 0 Å². The number of nitrogens with zero attached hydrogens (tertiary/aromatic N) is 5. The fourth-order valence-electron chi connectivity index (χ4n) is 12.7. The number of para-hydroxylation sites is 3. The van der Waals surface area contributed by atoms with Gasteiger partial charge < -0.3 is 52.3 Å². The van der Waals surface area contributed by atoms with Gasteiger partial charge in [0.25, 0.3) is 16.7 Å². The zero-order valence-electron chi connectivity index (χ0n) is 55.2. The minimum atomic E-state index is -0.745. The predicted molar refractivity (Wildman–Crippen MR) is 409 cm³/mol. The van der Waals surface area contributed by atoms with Gasteiger partial charge in [0.2, 0.25) is 0 Å². The second-order valence-electron chi connectivity index (χ2n) is 24.1. The van der Waals surface area contributed by atoms with Gasteiger partial charge in [0.1, 0.15) is 48.1 Å². The van der Waals surface area contributed by atoms with Crippen molar-refractivity contribution in [3.8, 4) is 40.5 Å². The number of hydrogen-bond donors (Lipinski definition) is 4. The molecule has 17 rings (SSSR count). The Bertz CT molecular complexity index is 6540. The number of hydrogen-bond acceptors (Lipinski definition) is 20. The average Bonchev–Trinajstić information content (AvgIpc) is 1.45. The molecule has 1 unspecified atom stereocenters. The topological polar surface area (TPSA) is 282 Å². The molecule has 25 heteroatoms. The Balaban J connectivity index is 0.000000128. The van der Waals surface area contributed by atoms with Crippen molar-refractivity contribution in [2.45, 2.75) is 54.9 Å². The number of aromatic nitrogens is 5. The quantitative estimate of drug-likeness (QED) is 0.0736. The standard InChI is InChI=1S/C29H18ClN3O5S.C27H19NO5S.C25H16ClNO5S/c30-18-5-3-6-20(15-18)39-26-24(34)23-25(38-28(26)36)21-7-1-2-8-22(21)33(27(23)35)16-17-9-11-19(12-10-17)37-29-31-13-4-14-32-29;1-32-17-10-12-18(13-11-17)34-25-23(29)21-24(33-27(25)31)19-9-5-8-16-14-20(15-6-3-2-4-7-15)28(22(16)19)26(21)30;26-15-4-3-5-17(12-15)33-23-21(29)20-22(32-25(23)31)18-6-1-2-7-19(18)27(24(20)30)13-14-8-10-16(28)11-9-14/h1-15,34H,16H2;2-13,20,29H,14H2,1H3;1-12,28-29H,13H2. The van der Waals surface area contributed by atoms with Gasteiger partial charge in [-0.25, -0.2) is 24.4 Å². The number of methoxy groups -OCH3 is 1. The van der Waals surface area contributed by atoms with Gasteiger partial charge in [0.15, 0.2) is 34.0 Å². The van der Waals surface area contributed by atoms with Gasteiger partial charge in [0.05, 0.1) is 42.8 Å². The highest BCUT2D eigenvalue weighted by Gasteiger charge is 2.32. The Labute approximate surface area is 620 Å². The van der Waals surface area contributed by atoms with E-state index in [1.807, 2.05) is 60.7 Å². The van der Waals surface area contributed by atoms with E-state index in [0.29, 0.717) is 69.8 Å². The molecule has 0 amide bonds. The van der Waals surface area contributed by atoms with E-state index in [2.05, 4.69) is 9.97 Å². The third kappa shape index (κ3) is 13.6. The van der Waals surface area contributed by atoms with Crippen LogP contribution in [-0.4, -0.2) is 51.2 Å². The van der Waals surface area contributed by atoms with Crippen molar-refractivity contribution in [1.82, 2.24) is 23.7 Å². The molecule has 1 aliphatic heterocycles. The summed E-state index contributed by atoms with van der Waals surface area (Å²) < 4.78 is 32.5. The van der Waals surface area contributed by atoms with Crippen LogP contribution in [0.2, 0.25) is 10.0 Å². The van der Waals surface area contributed by atoms with E-state index in [0.717, 1.165) is 63.1 Å². The zero-order valence-corrected chi connectivity index (χ0v) is 59.2. The molecule has 0 fully saturated rings. The fraction of sp³-hybridized carbons (Fsp3) is 0.0617. The van der Waals surface area contributed by atoms with Crippen LogP contribution in [0.3, 0.4) is 0 Å². The van der Waals surface area contributed by atoms with Crippen LogP contribution >= 0.6 is 58.5 Å². The van der Waals surface area contributed by atoms with Gasteiger partial charge in [-0.3, -0.25) is 19.0 Å². The normalized spacial score (nSPS) is 12.3. The smallest absolute Gasteiger partial charge is 0.354 e. The van der Waals surface area contributed by atoms with Crippen molar-refractivity contribution in [2.24, 2.45) is 0 Å². The Morgan fingerprint density at radius 1 is 0.462 bits per heavy atom. The molecule has 1 atom stereocenters. The molecule has 8 heterocycles. The molecule has 0 bridgehead atoms. The van der Waals surface area contributed by atoms with Gasteiger partial charge in [-0.2, -0.15) is 0 Å². The molecule has 20 nitrogen and oxygen atoms in total. The SMILES string of the molecule is COc1ccc(Sc2c(O)c3c(=O)n4c5c(cccc5c3oc2=O)CC4c2ccccc2)cc1.O=c1oc2c(c(O)c1Sc1cccc(Cl)c1)c(=O)n(Cc1ccc(O)cc1)c1ccccc21.O=c1oc2c(c(O)c1Sc1cccc(Cl)c1)c(=O)n(Cc1ccc(Oc3ncccn3)cc1)c1ccccc21. The molecule has 0 spiro atoms. The van der Waals surface area contributed by atoms with Gasteiger partial charge in [-0.1, -0.05) is 162 Å². The minimum absolute atomic E-state index is 0.0168. The highest BCUT2D eigenvalue weighted by atomic mass is 35.5. The van der Waals surface area contributed by atoms with E-state index in [9.17, 15) is 49.2 Å². The maximum atomic E-state index is 13.8. The molecule has 524 valence electrons. The summed E-state index contributed by atoms with van der Waals surface area (Å²) in [5.41, 5.74) is 2.12. The molecule has 0 saturated heterocycles. The maximum Gasteiger partial charge on any atom is 0.354 e. The molecule has 1 aliphatic rings. The van der Waals surface area contributed by atoms with E-state index in [4.69, 9.17) is 45.9 Å². The summed E-state index contributed by atoms with van der Waals surface area (Å²) in [6.45, 7) is 0.400. The van der Waals surface area contributed by atoms with Crippen molar-refractivity contribution in [2.75, 3.05) is 7.11 Å². The molecular weight excluding hydrogens is 1450 g/mol. The van der Waals surface area contributed by atoms with Gasteiger partial charge >= 0.3 is 22.9 Å². The van der Waals surface area contributed by atoms with Crippen LogP contribution < -0.4 is 43.0 Å². The van der Waals surface area contributed by atoms with Crippen molar-refractivity contribution < 1.29 is 43.2 Å². The van der Waals surface area contributed by atoms with E-state index in [1.54, 1.807) is 192 Å². The zero-order chi connectivity index (χ0) is 73.4. The van der Waals surface area contributed by atoms with E-state index < -0.39 is 39.5 Å². The fourth-order valence-corrected chi connectivity index (χ4v) is 15.8. The highest BCUT2D eigenvalue weighted by Crippen LogP contribution is 2.44. The van der Waals surface area contributed by atoms with Crippen LogP contribution in [0.4, 0.5) is 0 Å². The average molecular weight is 1500 g/mol. The van der Waals surface area contributed by atoms with Crippen LogP contribution in [0, 0.1) is 0 Å². The first-order chi connectivity index (χ1) is 51.5. The molecule has 16 aromatic rings. The predicted octanol–water partition coefficient (Wildman–Crippen LogP) is 16.7. The lowest BCUT2D eigenvalue weighted by molar-refractivity contribution is 0.414. The molecule has 7 aromatic heterocycles. The van der Waals surface area contributed by atoms with E-state index in [1.165, 1.54) is 4.57 Å². The minimum Gasteiger partial charge on any atom is -0.508 e. The Morgan fingerprint density at radius 3 is 1.42 bits per heavy atom. The Hall–Kier alpha value is -12.3. The lowest BCUT2D eigenvalue weighted by atomic mass is 10.0. The van der Waals surface area contributed by atoms with Gasteiger partial charge in [0, 0.05) is 53.3 Å². The largest absolute Gasteiger partial charge is 0.508 e. The second kappa shape index (κ2) is 29.5. The highest BCUT2D eigenvalue weighted by molar-refractivity contribution is 8.00. The number of benzene rings is 9. The Kier molecular flexibility index (Phi) is 19.3. The number of aromatic hydroxyl groups is 4. The van der Waals surface area contributed by atoms with Crippen LogP contribution in [0.5, 0.6) is 40.5 Å². The summed E-state index contributed by atoms with van der Waals surface area (Å²) in [6.07, 6.45) is 3.82. The number of rotatable bonds is 14. The van der Waals surface area contributed by atoms with Crippen LogP contribution in [0.25, 0.3) is 65.6 Å². The summed E-state index contributed by atoms with van der Waals surface area (Å²) in [7, 11) is 1.57. The first kappa shape index (κ1) is 69.5. The Morgan fingerprint density at radius 2 is 0.906 bits per heavy atom. The third-order valence-corrected chi connectivity index (χ3v) is 21.2.